The second kappa shape index (κ2) is 5.46. The monoisotopic (exact) mass is 252 g/mol. The van der Waals surface area contributed by atoms with Crippen molar-refractivity contribution in [2.75, 3.05) is 0 Å². The molecular weight excluding hydrogens is 224 g/mol. The highest BCUT2D eigenvalue weighted by molar-refractivity contribution is 5.76. The average molecular weight is 252 g/mol. The SMILES string of the molecule is CCC(C)(C)C(=O)OC(C)(C)C1CC=C(C)CC1. The summed E-state index contributed by atoms with van der Waals surface area (Å²) < 4.78 is 5.80. The highest BCUT2D eigenvalue weighted by Crippen LogP contribution is 2.36. The largest absolute Gasteiger partial charge is 0.459 e. The number of hydrogen-bond donors (Lipinski definition) is 0. The Balaban J connectivity index is 2.68. The fourth-order valence-corrected chi connectivity index (χ4v) is 2.20. The van der Waals surface area contributed by atoms with Crippen LogP contribution in [0.4, 0.5) is 0 Å². The maximum Gasteiger partial charge on any atom is 0.312 e. The Kier molecular flexibility index (Phi) is 4.63. The molecule has 0 heterocycles. The minimum absolute atomic E-state index is 0.0683. The third-order valence-electron chi connectivity index (χ3n) is 4.41. The first-order chi connectivity index (χ1) is 8.19. The van der Waals surface area contributed by atoms with Crippen LogP contribution in [0.3, 0.4) is 0 Å². The van der Waals surface area contributed by atoms with Crippen molar-refractivity contribution in [1.82, 2.24) is 0 Å². The van der Waals surface area contributed by atoms with Gasteiger partial charge in [0.25, 0.3) is 0 Å². The molecule has 104 valence electrons. The Morgan fingerprint density at radius 1 is 1.39 bits per heavy atom. The van der Waals surface area contributed by atoms with Gasteiger partial charge in [0.05, 0.1) is 5.41 Å². The van der Waals surface area contributed by atoms with Crippen molar-refractivity contribution in [3.05, 3.63) is 11.6 Å². The van der Waals surface area contributed by atoms with Crippen LogP contribution in [0.15, 0.2) is 11.6 Å². The zero-order chi connectivity index (χ0) is 14.0. The number of ether oxygens (including phenoxy) is 1. The van der Waals surface area contributed by atoms with Crippen LogP contribution in [-0.2, 0) is 9.53 Å². The molecule has 0 bridgehead atoms. The molecule has 0 aromatic heterocycles. The molecule has 1 unspecified atom stereocenters. The van der Waals surface area contributed by atoms with Gasteiger partial charge >= 0.3 is 5.97 Å². The summed E-state index contributed by atoms with van der Waals surface area (Å²) in [7, 11) is 0. The van der Waals surface area contributed by atoms with E-state index >= 15 is 0 Å². The van der Waals surface area contributed by atoms with Gasteiger partial charge in [0.2, 0.25) is 0 Å². The maximum atomic E-state index is 12.2. The number of carbonyl (C=O) groups excluding carboxylic acids is 1. The van der Waals surface area contributed by atoms with Crippen LogP contribution in [0.1, 0.15) is 67.2 Å². The molecule has 18 heavy (non-hydrogen) atoms. The molecule has 1 aliphatic carbocycles. The van der Waals surface area contributed by atoms with Crippen LogP contribution < -0.4 is 0 Å². The molecule has 1 rings (SSSR count). The summed E-state index contributed by atoms with van der Waals surface area (Å²) in [5.74, 6) is 0.374. The Bertz CT molecular complexity index is 337. The molecule has 1 aliphatic rings. The molecule has 0 fully saturated rings. The smallest absolute Gasteiger partial charge is 0.312 e. The van der Waals surface area contributed by atoms with E-state index in [1.807, 2.05) is 20.8 Å². The van der Waals surface area contributed by atoms with E-state index in [0.29, 0.717) is 5.92 Å². The van der Waals surface area contributed by atoms with Crippen LogP contribution in [0.25, 0.3) is 0 Å². The maximum absolute atomic E-state index is 12.2. The van der Waals surface area contributed by atoms with Crippen LogP contribution in [0, 0.1) is 11.3 Å². The molecular formula is C16H28O2. The van der Waals surface area contributed by atoms with Crippen LogP contribution in [-0.4, -0.2) is 11.6 Å². The predicted molar refractivity (Wildman–Crippen MR) is 75.3 cm³/mol. The van der Waals surface area contributed by atoms with E-state index in [9.17, 15) is 4.79 Å². The minimum Gasteiger partial charge on any atom is -0.459 e. The van der Waals surface area contributed by atoms with E-state index in [1.54, 1.807) is 0 Å². The Labute approximate surface area is 112 Å². The lowest BCUT2D eigenvalue weighted by Crippen LogP contribution is -2.41. The van der Waals surface area contributed by atoms with Gasteiger partial charge in [-0.25, -0.2) is 0 Å². The summed E-state index contributed by atoms with van der Waals surface area (Å²) in [6.07, 6.45) is 6.37. The lowest BCUT2D eigenvalue weighted by atomic mass is 9.79. The van der Waals surface area contributed by atoms with E-state index in [1.165, 1.54) is 5.57 Å². The molecule has 2 heteroatoms. The highest BCUT2D eigenvalue weighted by Gasteiger charge is 2.37. The lowest BCUT2D eigenvalue weighted by molar-refractivity contribution is -0.173. The van der Waals surface area contributed by atoms with E-state index in [4.69, 9.17) is 4.74 Å². The van der Waals surface area contributed by atoms with Crippen molar-refractivity contribution in [1.29, 1.82) is 0 Å². The fraction of sp³-hybridized carbons (Fsp3) is 0.812. The van der Waals surface area contributed by atoms with Crippen LogP contribution >= 0.6 is 0 Å². The molecule has 0 aromatic rings. The summed E-state index contributed by atoms with van der Waals surface area (Å²) in [5.41, 5.74) is 0.723. The summed E-state index contributed by atoms with van der Waals surface area (Å²) in [5, 5.41) is 0. The first-order valence-corrected chi connectivity index (χ1v) is 7.08. The van der Waals surface area contributed by atoms with E-state index < -0.39 is 0 Å². The summed E-state index contributed by atoms with van der Waals surface area (Å²) in [4.78, 5) is 12.2. The molecule has 2 nitrogen and oxygen atoms in total. The van der Waals surface area contributed by atoms with Crippen molar-refractivity contribution in [3.8, 4) is 0 Å². The fourth-order valence-electron chi connectivity index (χ4n) is 2.20. The van der Waals surface area contributed by atoms with Gasteiger partial charge in [0, 0.05) is 5.92 Å². The van der Waals surface area contributed by atoms with Crippen molar-refractivity contribution in [2.45, 2.75) is 72.8 Å². The number of carbonyl (C=O) groups is 1. The van der Waals surface area contributed by atoms with E-state index in [2.05, 4.69) is 26.8 Å². The normalized spacial score (nSPS) is 21.4. The van der Waals surface area contributed by atoms with Gasteiger partial charge in [-0.3, -0.25) is 4.79 Å². The molecule has 0 spiro atoms. The van der Waals surface area contributed by atoms with Crippen LogP contribution in [0.5, 0.6) is 0 Å². The molecule has 0 saturated carbocycles. The van der Waals surface area contributed by atoms with Gasteiger partial charge < -0.3 is 4.74 Å². The van der Waals surface area contributed by atoms with E-state index in [0.717, 1.165) is 25.7 Å². The highest BCUT2D eigenvalue weighted by atomic mass is 16.6. The van der Waals surface area contributed by atoms with Crippen LogP contribution in [0.2, 0.25) is 0 Å². The van der Waals surface area contributed by atoms with Gasteiger partial charge in [0.1, 0.15) is 5.60 Å². The lowest BCUT2D eigenvalue weighted by Gasteiger charge is -2.38. The predicted octanol–water partition coefficient (Wildman–Crippen LogP) is 4.49. The Morgan fingerprint density at radius 2 is 2.00 bits per heavy atom. The molecule has 0 amide bonds. The van der Waals surface area contributed by atoms with Gasteiger partial charge in [-0.05, 0) is 60.3 Å². The summed E-state index contributed by atoms with van der Waals surface area (Å²) >= 11 is 0. The minimum atomic E-state index is -0.377. The third-order valence-corrected chi connectivity index (χ3v) is 4.41. The quantitative estimate of drug-likeness (QED) is 0.544. The van der Waals surface area contributed by atoms with Gasteiger partial charge in [0.15, 0.2) is 0 Å². The first kappa shape index (κ1) is 15.3. The molecule has 1 atom stereocenters. The van der Waals surface area contributed by atoms with E-state index in [-0.39, 0.29) is 17.0 Å². The number of hydrogen-bond acceptors (Lipinski definition) is 2. The second-order valence-corrected chi connectivity index (χ2v) is 6.75. The Morgan fingerprint density at radius 3 is 2.44 bits per heavy atom. The summed E-state index contributed by atoms with van der Waals surface area (Å²) in [6.45, 7) is 12.2. The first-order valence-electron chi connectivity index (χ1n) is 7.08. The molecule has 0 N–H and O–H groups in total. The van der Waals surface area contributed by atoms with Gasteiger partial charge in [-0.2, -0.15) is 0 Å². The number of allylic oxidation sites excluding steroid dienone is 2. The van der Waals surface area contributed by atoms with Crippen molar-refractivity contribution in [2.24, 2.45) is 11.3 Å². The zero-order valence-corrected chi connectivity index (χ0v) is 12.8. The third kappa shape index (κ3) is 3.60. The molecule has 0 aromatic carbocycles. The van der Waals surface area contributed by atoms with Gasteiger partial charge in [-0.15, -0.1) is 0 Å². The summed E-state index contributed by atoms with van der Waals surface area (Å²) in [6, 6.07) is 0. The molecule has 0 saturated heterocycles. The topological polar surface area (TPSA) is 26.3 Å². The Hall–Kier alpha value is -0.790. The van der Waals surface area contributed by atoms with Crippen molar-refractivity contribution < 1.29 is 9.53 Å². The number of rotatable bonds is 4. The standard InChI is InChI=1S/C16H28O2/c1-7-15(3,4)14(17)18-16(5,6)13-10-8-12(2)9-11-13/h8,13H,7,9-11H2,1-6H3. The molecule has 0 radical (unpaired) electrons. The average Bonchev–Trinajstić information content (AvgIpc) is 2.29. The zero-order valence-electron chi connectivity index (χ0n) is 12.8. The number of esters is 1. The molecule has 0 aliphatic heterocycles. The second-order valence-electron chi connectivity index (χ2n) is 6.75. The van der Waals surface area contributed by atoms with Crippen molar-refractivity contribution >= 4 is 5.97 Å². The van der Waals surface area contributed by atoms with Gasteiger partial charge in [-0.1, -0.05) is 18.6 Å². The van der Waals surface area contributed by atoms with Crippen molar-refractivity contribution in [3.63, 3.8) is 0 Å².